The molecule has 0 atom stereocenters. The van der Waals surface area contributed by atoms with Crippen LogP contribution in [0.5, 0.6) is 0 Å². The van der Waals surface area contributed by atoms with Gasteiger partial charge in [-0.25, -0.2) is 4.68 Å². The Balaban J connectivity index is 1.64. The van der Waals surface area contributed by atoms with Crippen molar-refractivity contribution in [2.24, 2.45) is 0 Å². The predicted octanol–water partition coefficient (Wildman–Crippen LogP) is 4.72. The third kappa shape index (κ3) is 3.79. The summed E-state index contributed by atoms with van der Waals surface area (Å²) in [6.07, 6.45) is 1.94. The van der Waals surface area contributed by atoms with Crippen LogP contribution in [-0.4, -0.2) is 25.9 Å². The van der Waals surface area contributed by atoms with Gasteiger partial charge in [0.25, 0.3) is 5.91 Å². The van der Waals surface area contributed by atoms with Gasteiger partial charge in [0.2, 0.25) is 0 Å². The van der Waals surface area contributed by atoms with E-state index >= 15 is 0 Å². The van der Waals surface area contributed by atoms with Crippen LogP contribution in [0.15, 0.2) is 75.9 Å². The summed E-state index contributed by atoms with van der Waals surface area (Å²) in [4.78, 5) is 12.5. The number of nitrogens with zero attached hydrogens (tertiary/aromatic N) is 3. The number of benzene rings is 2. The molecular formula is C20H15Br2N5O. The molecule has 2 heterocycles. The molecule has 0 fully saturated rings. The number of H-pyrrole nitrogens is 1. The van der Waals surface area contributed by atoms with Crippen molar-refractivity contribution in [3.8, 4) is 16.9 Å². The van der Waals surface area contributed by atoms with Crippen LogP contribution in [0.1, 0.15) is 16.1 Å². The highest BCUT2D eigenvalue weighted by Gasteiger charge is 2.18. The van der Waals surface area contributed by atoms with Crippen LogP contribution in [0.3, 0.4) is 0 Å². The van der Waals surface area contributed by atoms with Gasteiger partial charge < -0.3 is 5.32 Å². The number of amides is 1. The van der Waals surface area contributed by atoms with E-state index in [4.69, 9.17) is 5.10 Å². The lowest BCUT2D eigenvalue weighted by Crippen LogP contribution is -2.23. The van der Waals surface area contributed by atoms with Gasteiger partial charge in [0, 0.05) is 23.9 Å². The highest BCUT2D eigenvalue weighted by molar-refractivity contribution is 9.13. The van der Waals surface area contributed by atoms with Crippen LogP contribution in [0, 0.1) is 0 Å². The zero-order valence-electron chi connectivity index (χ0n) is 14.6. The topological polar surface area (TPSA) is 75.6 Å². The van der Waals surface area contributed by atoms with E-state index in [1.807, 2.05) is 71.5 Å². The smallest absolute Gasteiger partial charge is 0.273 e. The average Bonchev–Trinajstić information content (AvgIpc) is 3.31. The lowest BCUT2D eigenvalue weighted by Gasteiger charge is -2.04. The fourth-order valence-corrected chi connectivity index (χ4v) is 3.44. The summed E-state index contributed by atoms with van der Waals surface area (Å²) in [6, 6.07) is 19.8. The minimum absolute atomic E-state index is 0.278. The average molecular weight is 501 g/mol. The normalized spacial score (nSPS) is 10.8. The van der Waals surface area contributed by atoms with E-state index in [1.54, 1.807) is 0 Å². The van der Waals surface area contributed by atoms with Crippen LogP contribution in [-0.2, 0) is 6.54 Å². The molecule has 0 aliphatic rings. The van der Waals surface area contributed by atoms with Gasteiger partial charge in [-0.3, -0.25) is 9.89 Å². The molecule has 4 aromatic rings. The molecular weight excluding hydrogens is 486 g/mol. The van der Waals surface area contributed by atoms with Crippen LogP contribution in [0.2, 0.25) is 0 Å². The quantitative estimate of drug-likeness (QED) is 0.416. The largest absolute Gasteiger partial charge is 0.346 e. The number of hydrogen-bond donors (Lipinski definition) is 2. The number of nitrogens with one attached hydrogen (secondary N) is 2. The predicted molar refractivity (Wildman–Crippen MR) is 114 cm³/mol. The Morgan fingerprint density at radius 1 is 1.04 bits per heavy atom. The lowest BCUT2D eigenvalue weighted by atomic mass is 10.1. The Morgan fingerprint density at radius 3 is 2.36 bits per heavy atom. The van der Waals surface area contributed by atoms with Gasteiger partial charge in [-0.05, 0) is 44.0 Å². The molecule has 0 radical (unpaired) electrons. The Labute approximate surface area is 178 Å². The SMILES string of the molecule is O=C(NCc1cn(-c2ccccc2)nc1-c1ccccc1)c1n[nH]c(Br)c1Br. The third-order valence-corrected chi connectivity index (χ3v) is 6.06. The summed E-state index contributed by atoms with van der Waals surface area (Å²) in [5, 5.41) is 14.4. The summed E-state index contributed by atoms with van der Waals surface area (Å²) in [5.74, 6) is -0.278. The molecule has 140 valence electrons. The van der Waals surface area contributed by atoms with Crippen molar-refractivity contribution in [1.29, 1.82) is 0 Å². The second-order valence-electron chi connectivity index (χ2n) is 6.03. The standard InChI is InChI=1S/C20H15Br2N5O/c21-16-18(24-25-19(16)22)20(28)23-11-14-12-27(15-9-5-2-6-10-15)26-17(14)13-7-3-1-4-8-13/h1-10,12H,11H2,(H,23,28)(H,24,25). The van der Waals surface area contributed by atoms with E-state index in [1.165, 1.54) is 0 Å². The summed E-state index contributed by atoms with van der Waals surface area (Å²) in [6.45, 7) is 0.326. The van der Waals surface area contributed by atoms with Crippen molar-refractivity contribution >= 4 is 37.8 Å². The fraction of sp³-hybridized carbons (Fsp3) is 0.0500. The summed E-state index contributed by atoms with van der Waals surface area (Å²) in [7, 11) is 0. The molecule has 0 aliphatic carbocycles. The van der Waals surface area contributed by atoms with Crippen molar-refractivity contribution in [3.63, 3.8) is 0 Å². The van der Waals surface area contributed by atoms with Gasteiger partial charge in [-0.15, -0.1) is 0 Å². The van der Waals surface area contributed by atoms with E-state index in [2.05, 4.69) is 47.4 Å². The maximum atomic E-state index is 12.5. The molecule has 0 aliphatic heterocycles. The first kappa shape index (κ1) is 18.6. The number of aromatic nitrogens is 4. The molecule has 2 aromatic heterocycles. The minimum atomic E-state index is -0.278. The van der Waals surface area contributed by atoms with Crippen molar-refractivity contribution in [2.75, 3.05) is 0 Å². The first-order chi connectivity index (χ1) is 13.6. The van der Waals surface area contributed by atoms with E-state index < -0.39 is 0 Å². The number of hydrogen-bond acceptors (Lipinski definition) is 3. The highest BCUT2D eigenvalue weighted by Crippen LogP contribution is 2.25. The fourth-order valence-electron chi connectivity index (χ4n) is 2.81. The molecule has 0 saturated carbocycles. The van der Waals surface area contributed by atoms with E-state index in [9.17, 15) is 4.79 Å². The molecule has 0 bridgehead atoms. The van der Waals surface area contributed by atoms with Gasteiger partial charge in [-0.1, -0.05) is 48.5 Å². The second-order valence-corrected chi connectivity index (χ2v) is 7.62. The first-order valence-electron chi connectivity index (χ1n) is 8.50. The molecule has 2 N–H and O–H groups in total. The minimum Gasteiger partial charge on any atom is -0.346 e. The van der Waals surface area contributed by atoms with Crippen LogP contribution in [0.4, 0.5) is 0 Å². The highest BCUT2D eigenvalue weighted by atomic mass is 79.9. The number of carbonyl (C=O) groups excluding carboxylic acids is 1. The van der Waals surface area contributed by atoms with Crippen molar-refractivity contribution < 1.29 is 4.79 Å². The van der Waals surface area contributed by atoms with Crippen molar-refractivity contribution in [3.05, 3.63) is 87.2 Å². The first-order valence-corrected chi connectivity index (χ1v) is 10.1. The second kappa shape index (κ2) is 8.12. The molecule has 0 unspecified atom stereocenters. The molecule has 2 aromatic carbocycles. The summed E-state index contributed by atoms with van der Waals surface area (Å²) in [5.41, 5.74) is 3.98. The maximum absolute atomic E-state index is 12.5. The lowest BCUT2D eigenvalue weighted by molar-refractivity contribution is 0.0945. The van der Waals surface area contributed by atoms with Gasteiger partial charge >= 0.3 is 0 Å². The van der Waals surface area contributed by atoms with Crippen LogP contribution < -0.4 is 5.32 Å². The number of carbonyl (C=O) groups is 1. The zero-order chi connectivity index (χ0) is 19.5. The molecule has 0 saturated heterocycles. The Hall–Kier alpha value is -2.71. The molecule has 4 rings (SSSR count). The van der Waals surface area contributed by atoms with Crippen LogP contribution in [0.25, 0.3) is 16.9 Å². The van der Waals surface area contributed by atoms with Gasteiger partial charge in [0.05, 0.1) is 15.9 Å². The van der Waals surface area contributed by atoms with Gasteiger partial charge in [-0.2, -0.15) is 10.2 Å². The summed E-state index contributed by atoms with van der Waals surface area (Å²) >= 11 is 6.64. The third-order valence-electron chi connectivity index (χ3n) is 4.18. The monoisotopic (exact) mass is 499 g/mol. The van der Waals surface area contributed by atoms with Crippen LogP contribution >= 0.6 is 31.9 Å². The maximum Gasteiger partial charge on any atom is 0.273 e. The van der Waals surface area contributed by atoms with E-state index in [0.717, 1.165) is 22.5 Å². The Morgan fingerprint density at radius 2 is 1.71 bits per heavy atom. The zero-order valence-corrected chi connectivity index (χ0v) is 17.7. The van der Waals surface area contributed by atoms with E-state index in [-0.39, 0.29) is 5.91 Å². The van der Waals surface area contributed by atoms with Crippen molar-refractivity contribution in [1.82, 2.24) is 25.3 Å². The van der Waals surface area contributed by atoms with Crippen molar-refractivity contribution in [2.45, 2.75) is 6.54 Å². The molecule has 1 amide bonds. The Bertz CT molecular complexity index is 1110. The number of para-hydroxylation sites is 1. The molecule has 8 heteroatoms. The number of rotatable bonds is 5. The molecule has 28 heavy (non-hydrogen) atoms. The number of halogens is 2. The molecule has 0 spiro atoms. The Kier molecular flexibility index (Phi) is 5.40. The molecule has 6 nitrogen and oxygen atoms in total. The van der Waals surface area contributed by atoms with E-state index in [0.29, 0.717) is 21.3 Å². The summed E-state index contributed by atoms with van der Waals surface area (Å²) < 4.78 is 3.04. The number of aromatic amines is 1. The van der Waals surface area contributed by atoms with Gasteiger partial charge in [0.1, 0.15) is 4.60 Å². The van der Waals surface area contributed by atoms with Gasteiger partial charge in [0.15, 0.2) is 5.69 Å².